The maximum Gasteiger partial charge on any atom is 0.153 e. The molecule has 1 saturated heterocycles. The molecule has 0 amide bonds. The molecule has 0 spiro atoms. The number of hydrogen-bond acceptors (Lipinski definition) is 7. The maximum atomic E-state index is 4.77. The Bertz CT molecular complexity index is 856. The van der Waals surface area contributed by atoms with E-state index in [-0.39, 0.29) is 6.04 Å². The van der Waals surface area contributed by atoms with E-state index in [1.54, 1.807) is 17.5 Å². The number of aromatic nitrogens is 5. The third-order valence-corrected chi connectivity index (χ3v) is 5.17. The summed E-state index contributed by atoms with van der Waals surface area (Å²) in [6.45, 7) is 5.95. The van der Waals surface area contributed by atoms with Gasteiger partial charge in [-0.25, -0.2) is 9.97 Å². The summed E-state index contributed by atoms with van der Waals surface area (Å²) in [5.41, 5.74) is 3.15. The lowest BCUT2D eigenvalue weighted by molar-refractivity contribution is 0.241. The molecule has 0 radical (unpaired) electrons. The molecule has 3 aromatic heterocycles. The molecule has 1 atom stereocenters. The third-order valence-electron chi connectivity index (χ3n) is 4.35. The molecule has 4 heterocycles. The maximum absolute atomic E-state index is 4.77. The molecular weight excluding hydrogens is 334 g/mol. The second kappa shape index (κ2) is 6.89. The summed E-state index contributed by atoms with van der Waals surface area (Å²) in [4.78, 5) is 16.2. The van der Waals surface area contributed by atoms with E-state index < -0.39 is 0 Å². The zero-order valence-corrected chi connectivity index (χ0v) is 15.2. The number of H-pyrrole nitrogens is 1. The van der Waals surface area contributed by atoms with Crippen LogP contribution in [0.15, 0.2) is 23.8 Å². The lowest BCUT2D eigenvalue weighted by Gasteiger charge is -2.23. The van der Waals surface area contributed by atoms with Gasteiger partial charge in [0.15, 0.2) is 5.82 Å². The largest absolute Gasteiger partial charge is 0.322 e. The van der Waals surface area contributed by atoms with Crippen LogP contribution >= 0.6 is 11.3 Å². The lowest BCUT2D eigenvalue weighted by atomic mass is 10.1. The molecule has 0 aliphatic carbocycles. The van der Waals surface area contributed by atoms with Gasteiger partial charge in [-0.2, -0.15) is 5.10 Å². The van der Waals surface area contributed by atoms with Gasteiger partial charge in [-0.1, -0.05) is 0 Å². The highest BCUT2D eigenvalue weighted by molar-refractivity contribution is 7.09. The van der Waals surface area contributed by atoms with Crippen LogP contribution in [0.3, 0.4) is 0 Å². The van der Waals surface area contributed by atoms with Gasteiger partial charge < -0.3 is 5.32 Å². The molecule has 1 unspecified atom stereocenters. The number of aryl methyl sites for hydroxylation is 2. The van der Waals surface area contributed by atoms with Crippen molar-refractivity contribution in [1.82, 2.24) is 30.0 Å². The zero-order valence-electron chi connectivity index (χ0n) is 14.4. The molecular formula is C17H21N7S. The molecule has 0 saturated carbocycles. The number of nitrogens with zero attached hydrogens (tertiary/aromatic N) is 5. The fourth-order valence-corrected chi connectivity index (χ4v) is 3.86. The van der Waals surface area contributed by atoms with E-state index in [4.69, 9.17) is 4.98 Å². The van der Waals surface area contributed by atoms with Crippen molar-refractivity contribution in [2.75, 3.05) is 11.9 Å². The SMILES string of the molecule is Cc1cc(Nc2cncc(C3CCCN3Cc3csc(C)n3)n2)n[nH]1. The van der Waals surface area contributed by atoms with Gasteiger partial charge in [0, 0.05) is 23.7 Å². The van der Waals surface area contributed by atoms with Gasteiger partial charge in [-0.05, 0) is 33.2 Å². The van der Waals surface area contributed by atoms with Crippen molar-refractivity contribution in [2.24, 2.45) is 0 Å². The van der Waals surface area contributed by atoms with Crippen LogP contribution in [-0.2, 0) is 6.54 Å². The number of aromatic amines is 1. The van der Waals surface area contributed by atoms with Gasteiger partial charge in [-0.15, -0.1) is 11.3 Å². The molecule has 8 heteroatoms. The highest BCUT2D eigenvalue weighted by atomic mass is 32.1. The van der Waals surface area contributed by atoms with E-state index in [2.05, 4.69) is 35.8 Å². The Kier molecular flexibility index (Phi) is 4.46. The number of anilines is 2. The smallest absolute Gasteiger partial charge is 0.153 e. The number of rotatable bonds is 5. The zero-order chi connectivity index (χ0) is 17.2. The molecule has 0 bridgehead atoms. The molecule has 3 aromatic rings. The fraction of sp³-hybridized carbons (Fsp3) is 0.412. The first kappa shape index (κ1) is 16.2. The molecule has 1 fully saturated rings. The van der Waals surface area contributed by atoms with Crippen molar-refractivity contribution in [2.45, 2.75) is 39.3 Å². The summed E-state index contributed by atoms with van der Waals surface area (Å²) < 4.78 is 0. The molecule has 1 aliphatic heterocycles. The lowest BCUT2D eigenvalue weighted by Crippen LogP contribution is -2.24. The quantitative estimate of drug-likeness (QED) is 0.730. The molecule has 0 aromatic carbocycles. The average molecular weight is 355 g/mol. The number of hydrogen-bond donors (Lipinski definition) is 2. The van der Waals surface area contributed by atoms with E-state index in [0.29, 0.717) is 0 Å². The van der Waals surface area contributed by atoms with Crippen LogP contribution in [0.4, 0.5) is 11.6 Å². The predicted molar refractivity (Wildman–Crippen MR) is 97.9 cm³/mol. The van der Waals surface area contributed by atoms with Crippen molar-refractivity contribution in [3.63, 3.8) is 0 Å². The summed E-state index contributed by atoms with van der Waals surface area (Å²) in [5.74, 6) is 1.48. The van der Waals surface area contributed by atoms with Gasteiger partial charge >= 0.3 is 0 Å². The first-order chi connectivity index (χ1) is 12.2. The van der Waals surface area contributed by atoms with E-state index in [1.165, 1.54) is 6.42 Å². The summed E-state index contributed by atoms with van der Waals surface area (Å²) in [7, 11) is 0. The Morgan fingerprint density at radius 2 is 2.20 bits per heavy atom. The molecule has 25 heavy (non-hydrogen) atoms. The molecule has 4 rings (SSSR count). The first-order valence-electron chi connectivity index (χ1n) is 8.43. The molecule has 1 aliphatic rings. The van der Waals surface area contributed by atoms with Gasteiger partial charge in [0.25, 0.3) is 0 Å². The highest BCUT2D eigenvalue weighted by Gasteiger charge is 2.28. The van der Waals surface area contributed by atoms with Crippen molar-refractivity contribution in [1.29, 1.82) is 0 Å². The van der Waals surface area contributed by atoms with Crippen LogP contribution < -0.4 is 5.32 Å². The highest BCUT2D eigenvalue weighted by Crippen LogP contribution is 2.32. The van der Waals surface area contributed by atoms with E-state index in [1.807, 2.05) is 26.1 Å². The van der Waals surface area contributed by atoms with Crippen molar-refractivity contribution >= 4 is 23.0 Å². The van der Waals surface area contributed by atoms with E-state index in [9.17, 15) is 0 Å². The second-order valence-electron chi connectivity index (χ2n) is 6.38. The molecule has 7 nitrogen and oxygen atoms in total. The number of nitrogens with one attached hydrogen (secondary N) is 2. The Morgan fingerprint density at radius 1 is 1.28 bits per heavy atom. The van der Waals surface area contributed by atoms with Crippen LogP contribution in [0.2, 0.25) is 0 Å². The summed E-state index contributed by atoms with van der Waals surface area (Å²) >= 11 is 1.70. The molecule has 130 valence electrons. The van der Waals surface area contributed by atoms with Gasteiger partial charge in [0.1, 0.15) is 5.82 Å². The van der Waals surface area contributed by atoms with Crippen molar-refractivity contribution in [3.05, 3.63) is 45.9 Å². The summed E-state index contributed by atoms with van der Waals surface area (Å²) in [6.07, 6.45) is 5.88. The van der Waals surface area contributed by atoms with Crippen LogP contribution in [0.5, 0.6) is 0 Å². The second-order valence-corrected chi connectivity index (χ2v) is 7.44. The van der Waals surface area contributed by atoms with Crippen LogP contribution in [0, 0.1) is 13.8 Å². The first-order valence-corrected chi connectivity index (χ1v) is 9.31. The third kappa shape index (κ3) is 3.69. The Morgan fingerprint density at radius 3 is 2.96 bits per heavy atom. The van der Waals surface area contributed by atoms with E-state index >= 15 is 0 Å². The minimum atomic E-state index is 0.289. The van der Waals surface area contributed by atoms with E-state index in [0.717, 1.165) is 53.2 Å². The topological polar surface area (TPSA) is 82.6 Å². The van der Waals surface area contributed by atoms with Crippen LogP contribution in [0.25, 0.3) is 0 Å². The number of likely N-dealkylation sites (tertiary alicyclic amines) is 1. The van der Waals surface area contributed by atoms with Gasteiger partial charge in [-0.3, -0.25) is 15.0 Å². The Balaban J connectivity index is 1.50. The standard InChI is InChI=1S/C17H21N7S/c1-11-6-16(23-22-11)21-17-8-18-7-14(20-17)15-4-3-5-24(15)9-13-10-25-12(2)19-13/h6-8,10,15H,3-5,9H2,1-2H3,(H2,20,21,22,23). The van der Waals surface area contributed by atoms with Crippen LogP contribution in [0.1, 0.15) is 41.0 Å². The summed E-state index contributed by atoms with van der Waals surface area (Å²) in [6, 6.07) is 2.23. The fourth-order valence-electron chi connectivity index (χ4n) is 3.25. The Labute approximate surface area is 150 Å². The minimum Gasteiger partial charge on any atom is -0.322 e. The average Bonchev–Trinajstić information content (AvgIpc) is 3.31. The van der Waals surface area contributed by atoms with Crippen molar-refractivity contribution in [3.8, 4) is 0 Å². The van der Waals surface area contributed by atoms with Crippen molar-refractivity contribution < 1.29 is 0 Å². The Hall–Kier alpha value is -2.32. The monoisotopic (exact) mass is 355 g/mol. The molecule has 2 N–H and O–H groups in total. The van der Waals surface area contributed by atoms with Crippen LogP contribution in [-0.4, -0.2) is 36.6 Å². The summed E-state index contributed by atoms with van der Waals surface area (Å²) in [5, 5.41) is 13.6. The number of thiazole rings is 1. The van der Waals surface area contributed by atoms with Gasteiger partial charge in [0.05, 0.1) is 34.8 Å². The van der Waals surface area contributed by atoms with Gasteiger partial charge in [0.2, 0.25) is 0 Å². The predicted octanol–water partition coefficient (Wildman–Crippen LogP) is 3.35. The minimum absolute atomic E-state index is 0.289. The normalized spacial score (nSPS) is 17.9.